The zero-order valence-corrected chi connectivity index (χ0v) is 15.5. The Morgan fingerprint density at radius 3 is 2.81 bits per heavy atom. The number of nitrogens with one attached hydrogen (secondary N) is 2. The Balaban J connectivity index is 1.55. The smallest absolute Gasteiger partial charge is 0.191 e. The van der Waals surface area contributed by atoms with Crippen LogP contribution in [0.25, 0.3) is 0 Å². The molecular weight excluding hydrogens is 337 g/mol. The first-order valence-corrected chi connectivity index (χ1v) is 9.38. The van der Waals surface area contributed by atoms with Gasteiger partial charge in [-0.05, 0) is 44.0 Å². The Hall–Kier alpha value is -1.86. The molecule has 1 heterocycles. The van der Waals surface area contributed by atoms with Crippen molar-refractivity contribution in [1.29, 1.82) is 0 Å². The molecule has 1 saturated heterocycles. The molecule has 26 heavy (non-hydrogen) atoms. The summed E-state index contributed by atoms with van der Waals surface area (Å²) in [6.07, 6.45) is 2.98. The summed E-state index contributed by atoms with van der Waals surface area (Å²) < 4.78 is 29.4. The van der Waals surface area contributed by atoms with Gasteiger partial charge in [-0.1, -0.05) is 0 Å². The van der Waals surface area contributed by atoms with Gasteiger partial charge in [0.25, 0.3) is 0 Å². The van der Waals surface area contributed by atoms with Crippen molar-refractivity contribution in [1.82, 2.24) is 10.6 Å². The van der Waals surface area contributed by atoms with Gasteiger partial charge in [-0.25, -0.2) is 4.39 Å². The number of hydrogen-bond donors (Lipinski definition) is 2. The lowest BCUT2D eigenvalue weighted by molar-refractivity contribution is 0.0420. The molecule has 0 amide bonds. The molecule has 0 aromatic heterocycles. The van der Waals surface area contributed by atoms with Crippen molar-refractivity contribution >= 4 is 5.96 Å². The van der Waals surface area contributed by atoms with Gasteiger partial charge in [0.05, 0.1) is 19.3 Å². The minimum atomic E-state index is -0.259. The van der Waals surface area contributed by atoms with Crippen LogP contribution in [-0.4, -0.2) is 58.1 Å². The molecule has 6 nitrogen and oxygen atoms in total. The van der Waals surface area contributed by atoms with E-state index in [-0.39, 0.29) is 11.9 Å². The monoisotopic (exact) mass is 367 g/mol. The van der Waals surface area contributed by atoms with Crippen LogP contribution in [0.15, 0.2) is 29.3 Å². The van der Waals surface area contributed by atoms with E-state index in [9.17, 15) is 4.39 Å². The predicted octanol–water partition coefficient (Wildman–Crippen LogP) is 2.35. The van der Waals surface area contributed by atoms with E-state index in [4.69, 9.17) is 14.2 Å². The molecule has 146 valence electrons. The van der Waals surface area contributed by atoms with Gasteiger partial charge in [0, 0.05) is 39.3 Å². The van der Waals surface area contributed by atoms with Crippen LogP contribution in [0.5, 0.6) is 5.75 Å². The number of ether oxygens (including phenoxy) is 3. The summed E-state index contributed by atoms with van der Waals surface area (Å²) in [7, 11) is 0. The third kappa shape index (κ3) is 8.49. The standard InChI is InChI=1S/C19H30FN3O3/c1-2-21-19(23-11-4-13-26-18-9-14-24-15-18)22-10-3-12-25-17-7-5-16(20)6-8-17/h5-8,18H,2-4,9-15H2,1H3,(H2,21,22,23). The second-order valence-electron chi connectivity index (χ2n) is 6.05. The van der Waals surface area contributed by atoms with Gasteiger partial charge >= 0.3 is 0 Å². The molecule has 0 saturated carbocycles. The van der Waals surface area contributed by atoms with E-state index in [1.807, 2.05) is 6.92 Å². The predicted molar refractivity (Wildman–Crippen MR) is 100 cm³/mol. The van der Waals surface area contributed by atoms with Crippen molar-refractivity contribution in [3.05, 3.63) is 30.1 Å². The summed E-state index contributed by atoms with van der Waals surface area (Å²) in [5.41, 5.74) is 0. The van der Waals surface area contributed by atoms with Crippen molar-refractivity contribution in [2.24, 2.45) is 4.99 Å². The quantitative estimate of drug-likeness (QED) is 0.357. The number of hydrogen-bond acceptors (Lipinski definition) is 4. The van der Waals surface area contributed by atoms with E-state index in [0.29, 0.717) is 18.9 Å². The Morgan fingerprint density at radius 1 is 1.23 bits per heavy atom. The molecule has 1 fully saturated rings. The fourth-order valence-electron chi connectivity index (χ4n) is 2.49. The second-order valence-corrected chi connectivity index (χ2v) is 6.05. The Kier molecular flexibility index (Phi) is 9.82. The van der Waals surface area contributed by atoms with Crippen molar-refractivity contribution in [2.75, 3.05) is 46.1 Å². The van der Waals surface area contributed by atoms with Crippen molar-refractivity contribution in [3.63, 3.8) is 0 Å². The highest BCUT2D eigenvalue weighted by Gasteiger charge is 2.15. The normalized spacial score (nSPS) is 17.3. The zero-order valence-electron chi connectivity index (χ0n) is 15.5. The summed E-state index contributed by atoms with van der Waals surface area (Å²) in [6.45, 7) is 7.13. The van der Waals surface area contributed by atoms with E-state index in [1.54, 1.807) is 12.1 Å². The highest BCUT2D eigenvalue weighted by molar-refractivity contribution is 5.79. The Labute approximate surface area is 155 Å². The van der Waals surface area contributed by atoms with Gasteiger partial charge in [-0.3, -0.25) is 4.99 Å². The minimum absolute atomic E-state index is 0.259. The topological polar surface area (TPSA) is 64.1 Å². The van der Waals surface area contributed by atoms with Crippen LogP contribution < -0.4 is 15.4 Å². The van der Waals surface area contributed by atoms with Crippen LogP contribution in [0.3, 0.4) is 0 Å². The van der Waals surface area contributed by atoms with Gasteiger partial charge in [-0.15, -0.1) is 0 Å². The molecule has 2 N–H and O–H groups in total. The van der Waals surface area contributed by atoms with Gasteiger partial charge in [0.15, 0.2) is 5.96 Å². The van der Waals surface area contributed by atoms with Crippen LogP contribution in [-0.2, 0) is 9.47 Å². The molecule has 0 radical (unpaired) electrons. The molecule has 7 heteroatoms. The van der Waals surface area contributed by atoms with Gasteiger partial charge < -0.3 is 24.8 Å². The van der Waals surface area contributed by atoms with Crippen LogP contribution in [0.1, 0.15) is 26.2 Å². The molecule has 1 aromatic rings. The first-order valence-electron chi connectivity index (χ1n) is 9.38. The molecular formula is C19H30FN3O3. The Morgan fingerprint density at radius 2 is 2.08 bits per heavy atom. The molecule has 1 aliphatic heterocycles. The molecule has 2 rings (SSSR count). The summed E-state index contributed by atoms with van der Waals surface area (Å²) >= 11 is 0. The van der Waals surface area contributed by atoms with Crippen molar-refractivity contribution < 1.29 is 18.6 Å². The van der Waals surface area contributed by atoms with E-state index in [1.165, 1.54) is 12.1 Å². The fourth-order valence-corrected chi connectivity index (χ4v) is 2.49. The molecule has 1 aromatic carbocycles. The molecule has 0 spiro atoms. The Bertz CT molecular complexity index is 519. The van der Waals surface area contributed by atoms with Crippen molar-refractivity contribution in [3.8, 4) is 5.75 Å². The second kappa shape index (κ2) is 12.5. The molecule has 0 bridgehead atoms. The van der Waals surface area contributed by atoms with Crippen LogP contribution in [0.2, 0.25) is 0 Å². The highest BCUT2D eigenvalue weighted by atomic mass is 19.1. The summed E-state index contributed by atoms with van der Waals surface area (Å²) in [4.78, 5) is 4.53. The lowest BCUT2D eigenvalue weighted by Gasteiger charge is -2.13. The van der Waals surface area contributed by atoms with Crippen LogP contribution in [0, 0.1) is 5.82 Å². The van der Waals surface area contributed by atoms with Crippen LogP contribution >= 0.6 is 0 Å². The van der Waals surface area contributed by atoms with Crippen LogP contribution in [0.4, 0.5) is 4.39 Å². The molecule has 1 unspecified atom stereocenters. The van der Waals surface area contributed by atoms with E-state index < -0.39 is 0 Å². The van der Waals surface area contributed by atoms with Crippen molar-refractivity contribution in [2.45, 2.75) is 32.3 Å². The van der Waals surface area contributed by atoms with Gasteiger partial charge in [0.1, 0.15) is 11.6 Å². The SMILES string of the molecule is CCNC(=NCCCOc1ccc(F)cc1)NCCCOC1CCOC1. The first-order chi connectivity index (χ1) is 12.8. The number of halogens is 1. The minimum Gasteiger partial charge on any atom is -0.494 e. The zero-order chi connectivity index (χ0) is 18.5. The van der Waals surface area contributed by atoms with Gasteiger partial charge in [0.2, 0.25) is 0 Å². The fraction of sp³-hybridized carbons (Fsp3) is 0.632. The average molecular weight is 367 g/mol. The van der Waals surface area contributed by atoms with Gasteiger partial charge in [-0.2, -0.15) is 0 Å². The highest BCUT2D eigenvalue weighted by Crippen LogP contribution is 2.11. The molecule has 1 atom stereocenters. The number of benzene rings is 1. The average Bonchev–Trinajstić information content (AvgIpc) is 3.16. The maximum Gasteiger partial charge on any atom is 0.191 e. The number of nitrogens with zero attached hydrogens (tertiary/aromatic N) is 1. The summed E-state index contributed by atoms with van der Waals surface area (Å²) in [6, 6.07) is 6.04. The lowest BCUT2D eigenvalue weighted by Crippen LogP contribution is -2.38. The third-order valence-corrected chi connectivity index (χ3v) is 3.85. The maximum absolute atomic E-state index is 12.8. The molecule has 1 aliphatic rings. The largest absolute Gasteiger partial charge is 0.494 e. The maximum atomic E-state index is 12.8. The third-order valence-electron chi connectivity index (χ3n) is 3.85. The first kappa shape index (κ1) is 20.5. The summed E-state index contributed by atoms with van der Waals surface area (Å²) in [5.74, 6) is 1.22. The van der Waals surface area contributed by atoms with E-state index >= 15 is 0 Å². The summed E-state index contributed by atoms with van der Waals surface area (Å²) in [5, 5.41) is 6.53. The number of rotatable bonds is 11. The van der Waals surface area contributed by atoms with E-state index in [2.05, 4.69) is 15.6 Å². The number of aliphatic imine (C=N–C) groups is 1. The van der Waals surface area contributed by atoms with E-state index in [0.717, 1.165) is 58.1 Å². The lowest BCUT2D eigenvalue weighted by atomic mass is 10.3. The number of guanidine groups is 1. The molecule has 0 aliphatic carbocycles.